The topological polar surface area (TPSA) is 62.2 Å². The molecule has 0 saturated heterocycles. The van der Waals surface area contributed by atoms with E-state index in [-0.39, 0.29) is 17.9 Å². The van der Waals surface area contributed by atoms with Crippen LogP contribution in [0.5, 0.6) is 0 Å². The van der Waals surface area contributed by atoms with Gasteiger partial charge in [-0.05, 0) is 40.9 Å². The molecular formula is C13H17BrN2O2. The van der Waals surface area contributed by atoms with Gasteiger partial charge in [-0.15, -0.1) is 0 Å². The van der Waals surface area contributed by atoms with Gasteiger partial charge in [0.2, 0.25) is 0 Å². The first-order chi connectivity index (χ1) is 8.66. The van der Waals surface area contributed by atoms with Crippen LogP contribution in [0.3, 0.4) is 0 Å². The number of hydrogen-bond acceptors (Lipinski definition) is 3. The SMILES string of the molecule is O=C(NCC1CCCCC1O)c1ccnc(Br)c1. The van der Waals surface area contributed by atoms with Crippen LogP contribution in [0.4, 0.5) is 0 Å². The van der Waals surface area contributed by atoms with Crippen molar-refractivity contribution in [1.29, 1.82) is 0 Å². The number of amides is 1. The van der Waals surface area contributed by atoms with Crippen molar-refractivity contribution in [3.05, 3.63) is 28.5 Å². The smallest absolute Gasteiger partial charge is 0.251 e. The summed E-state index contributed by atoms with van der Waals surface area (Å²) in [7, 11) is 0. The molecule has 1 aliphatic carbocycles. The lowest BCUT2D eigenvalue weighted by atomic mass is 9.86. The molecule has 1 aromatic heterocycles. The zero-order valence-corrected chi connectivity index (χ0v) is 11.7. The Morgan fingerprint density at radius 1 is 1.50 bits per heavy atom. The van der Waals surface area contributed by atoms with E-state index in [9.17, 15) is 9.90 Å². The van der Waals surface area contributed by atoms with Crippen LogP contribution in [0.15, 0.2) is 22.9 Å². The highest BCUT2D eigenvalue weighted by molar-refractivity contribution is 9.10. The number of carbonyl (C=O) groups is 1. The summed E-state index contributed by atoms with van der Waals surface area (Å²) in [6, 6.07) is 3.37. The number of aromatic nitrogens is 1. The van der Waals surface area contributed by atoms with Crippen LogP contribution in [0.25, 0.3) is 0 Å². The summed E-state index contributed by atoms with van der Waals surface area (Å²) < 4.78 is 0.646. The second kappa shape index (κ2) is 6.29. The number of nitrogens with one attached hydrogen (secondary N) is 1. The highest BCUT2D eigenvalue weighted by atomic mass is 79.9. The van der Waals surface area contributed by atoms with Gasteiger partial charge in [-0.3, -0.25) is 4.79 Å². The molecule has 0 bridgehead atoms. The second-order valence-corrected chi connectivity index (χ2v) is 5.50. The van der Waals surface area contributed by atoms with Gasteiger partial charge in [-0.1, -0.05) is 12.8 Å². The van der Waals surface area contributed by atoms with Crippen molar-refractivity contribution in [3.8, 4) is 0 Å². The van der Waals surface area contributed by atoms with E-state index < -0.39 is 0 Å². The molecule has 2 unspecified atom stereocenters. The first kappa shape index (κ1) is 13.5. The molecule has 0 radical (unpaired) electrons. The summed E-state index contributed by atoms with van der Waals surface area (Å²) in [6.07, 6.45) is 5.38. The summed E-state index contributed by atoms with van der Waals surface area (Å²) >= 11 is 3.24. The van der Waals surface area contributed by atoms with Gasteiger partial charge in [-0.2, -0.15) is 0 Å². The van der Waals surface area contributed by atoms with Gasteiger partial charge < -0.3 is 10.4 Å². The Bertz CT molecular complexity index is 425. The number of hydrogen-bond donors (Lipinski definition) is 2. The Labute approximate surface area is 115 Å². The third-order valence-corrected chi connectivity index (χ3v) is 3.82. The third-order valence-electron chi connectivity index (χ3n) is 3.38. The molecule has 1 heterocycles. The van der Waals surface area contributed by atoms with Crippen molar-refractivity contribution in [1.82, 2.24) is 10.3 Å². The lowest BCUT2D eigenvalue weighted by molar-refractivity contribution is 0.0663. The minimum Gasteiger partial charge on any atom is -0.393 e. The molecular weight excluding hydrogens is 296 g/mol. The maximum absolute atomic E-state index is 11.9. The standard InChI is InChI=1S/C13H17BrN2O2/c14-12-7-9(5-6-15-12)13(18)16-8-10-3-1-2-4-11(10)17/h5-7,10-11,17H,1-4,8H2,(H,16,18). The summed E-state index contributed by atoms with van der Waals surface area (Å²) in [4.78, 5) is 15.9. The average molecular weight is 313 g/mol. The molecule has 1 fully saturated rings. The number of rotatable bonds is 3. The zero-order chi connectivity index (χ0) is 13.0. The zero-order valence-electron chi connectivity index (χ0n) is 10.1. The van der Waals surface area contributed by atoms with E-state index in [2.05, 4.69) is 26.2 Å². The first-order valence-electron chi connectivity index (χ1n) is 6.24. The van der Waals surface area contributed by atoms with Crippen LogP contribution in [0, 0.1) is 5.92 Å². The largest absolute Gasteiger partial charge is 0.393 e. The van der Waals surface area contributed by atoms with Crippen LogP contribution in [0.1, 0.15) is 36.0 Å². The molecule has 5 heteroatoms. The first-order valence-corrected chi connectivity index (χ1v) is 7.04. The van der Waals surface area contributed by atoms with Crippen molar-refractivity contribution in [2.24, 2.45) is 5.92 Å². The number of carbonyl (C=O) groups excluding carboxylic acids is 1. The number of nitrogens with zero attached hydrogens (tertiary/aromatic N) is 1. The summed E-state index contributed by atoms with van der Waals surface area (Å²) in [5.41, 5.74) is 0.585. The van der Waals surface area contributed by atoms with Gasteiger partial charge in [0, 0.05) is 24.2 Å². The maximum Gasteiger partial charge on any atom is 0.251 e. The Balaban J connectivity index is 1.88. The maximum atomic E-state index is 11.9. The van der Waals surface area contributed by atoms with E-state index in [4.69, 9.17) is 0 Å². The van der Waals surface area contributed by atoms with E-state index in [1.807, 2.05) is 0 Å². The predicted molar refractivity (Wildman–Crippen MR) is 72.2 cm³/mol. The Morgan fingerprint density at radius 3 is 3.00 bits per heavy atom. The number of aliphatic hydroxyl groups is 1. The molecule has 0 spiro atoms. The molecule has 2 rings (SSSR count). The second-order valence-electron chi connectivity index (χ2n) is 4.69. The van der Waals surface area contributed by atoms with Crippen LogP contribution in [-0.2, 0) is 0 Å². The molecule has 0 aliphatic heterocycles. The highest BCUT2D eigenvalue weighted by Crippen LogP contribution is 2.23. The lowest BCUT2D eigenvalue weighted by Crippen LogP contribution is -2.36. The Kier molecular flexibility index (Phi) is 4.72. The number of pyridine rings is 1. The molecule has 0 aromatic carbocycles. The average Bonchev–Trinajstić information content (AvgIpc) is 2.37. The van der Waals surface area contributed by atoms with E-state index >= 15 is 0 Å². The van der Waals surface area contributed by atoms with Crippen molar-refractivity contribution in [3.63, 3.8) is 0 Å². The Morgan fingerprint density at radius 2 is 2.28 bits per heavy atom. The van der Waals surface area contributed by atoms with Gasteiger partial charge in [0.1, 0.15) is 4.60 Å². The summed E-state index contributed by atoms with van der Waals surface area (Å²) in [5, 5.41) is 12.7. The molecule has 2 atom stereocenters. The number of aliphatic hydroxyl groups excluding tert-OH is 1. The fourth-order valence-corrected chi connectivity index (χ4v) is 2.66. The lowest BCUT2D eigenvalue weighted by Gasteiger charge is -2.27. The van der Waals surface area contributed by atoms with Gasteiger partial charge in [0.05, 0.1) is 6.10 Å². The predicted octanol–water partition coefficient (Wildman–Crippen LogP) is 2.12. The van der Waals surface area contributed by atoms with Crippen molar-refractivity contribution >= 4 is 21.8 Å². The molecule has 1 aromatic rings. The normalized spacial score (nSPS) is 23.7. The molecule has 1 amide bonds. The molecule has 18 heavy (non-hydrogen) atoms. The van der Waals surface area contributed by atoms with Crippen LogP contribution in [0.2, 0.25) is 0 Å². The molecule has 2 N–H and O–H groups in total. The van der Waals surface area contributed by atoms with Crippen molar-refractivity contribution in [2.45, 2.75) is 31.8 Å². The number of halogens is 1. The van der Waals surface area contributed by atoms with Crippen LogP contribution in [-0.4, -0.2) is 28.6 Å². The molecule has 1 saturated carbocycles. The third kappa shape index (κ3) is 3.53. The van der Waals surface area contributed by atoms with Gasteiger partial charge in [0.15, 0.2) is 0 Å². The molecule has 4 nitrogen and oxygen atoms in total. The fourth-order valence-electron chi connectivity index (χ4n) is 2.30. The summed E-state index contributed by atoms with van der Waals surface area (Å²) in [5.74, 6) is 0.0730. The van der Waals surface area contributed by atoms with Crippen LogP contribution >= 0.6 is 15.9 Å². The van der Waals surface area contributed by atoms with Crippen molar-refractivity contribution < 1.29 is 9.90 Å². The molecule has 1 aliphatic rings. The monoisotopic (exact) mass is 312 g/mol. The minimum absolute atomic E-state index is 0.115. The van der Waals surface area contributed by atoms with E-state index in [1.54, 1.807) is 18.3 Å². The van der Waals surface area contributed by atoms with Gasteiger partial charge in [-0.25, -0.2) is 4.98 Å². The minimum atomic E-state index is -0.275. The van der Waals surface area contributed by atoms with Crippen molar-refractivity contribution in [2.75, 3.05) is 6.54 Å². The van der Waals surface area contributed by atoms with Gasteiger partial charge in [0.25, 0.3) is 5.91 Å². The highest BCUT2D eigenvalue weighted by Gasteiger charge is 2.23. The fraction of sp³-hybridized carbons (Fsp3) is 0.538. The van der Waals surface area contributed by atoms with E-state index in [1.165, 1.54) is 0 Å². The molecule has 98 valence electrons. The summed E-state index contributed by atoms with van der Waals surface area (Å²) in [6.45, 7) is 0.542. The van der Waals surface area contributed by atoms with Crippen LogP contribution < -0.4 is 5.32 Å². The van der Waals surface area contributed by atoms with E-state index in [0.717, 1.165) is 25.7 Å². The van der Waals surface area contributed by atoms with E-state index in [0.29, 0.717) is 16.7 Å². The Hall–Kier alpha value is -0.940. The van der Waals surface area contributed by atoms with Gasteiger partial charge >= 0.3 is 0 Å². The quantitative estimate of drug-likeness (QED) is 0.840.